The van der Waals surface area contributed by atoms with Gasteiger partial charge in [0.25, 0.3) is 0 Å². The molecule has 0 spiro atoms. The van der Waals surface area contributed by atoms with Crippen LogP contribution in [0.1, 0.15) is 31.2 Å². The second-order valence-electron chi connectivity index (χ2n) is 4.51. The Kier molecular flexibility index (Phi) is 3.83. The van der Waals surface area contributed by atoms with Crippen molar-refractivity contribution >= 4 is 0 Å². The standard InChI is InChI=1S/C14H21NO/c1-3-15-9-5-7-13(11-15)12-6-4-8-14(10-12)16-2/h4,6,8,10,13H,3,5,7,9,11H2,1-2H3/t13-/m1/s1. The Morgan fingerprint density at radius 3 is 3.06 bits per heavy atom. The van der Waals surface area contributed by atoms with Gasteiger partial charge in [0, 0.05) is 6.54 Å². The van der Waals surface area contributed by atoms with E-state index in [4.69, 9.17) is 4.74 Å². The molecule has 2 rings (SSSR count). The van der Waals surface area contributed by atoms with E-state index in [2.05, 4.69) is 30.0 Å². The van der Waals surface area contributed by atoms with E-state index in [0.29, 0.717) is 5.92 Å². The molecule has 0 bridgehead atoms. The molecule has 0 N–H and O–H groups in total. The van der Waals surface area contributed by atoms with Gasteiger partial charge in [-0.2, -0.15) is 0 Å². The number of ether oxygens (including phenoxy) is 1. The molecule has 0 amide bonds. The summed E-state index contributed by atoms with van der Waals surface area (Å²) in [5, 5.41) is 0. The van der Waals surface area contributed by atoms with Crippen LogP contribution in [-0.2, 0) is 0 Å². The molecule has 1 heterocycles. The summed E-state index contributed by atoms with van der Waals surface area (Å²) in [6.45, 7) is 5.87. The van der Waals surface area contributed by atoms with E-state index in [-0.39, 0.29) is 0 Å². The van der Waals surface area contributed by atoms with E-state index < -0.39 is 0 Å². The highest BCUT2D eigenvalue weighted by atomic mass is 16.5. The van der Waals surface area contributed by atoms with Crippen molar-refractivity contribution in [2.45, 2.75) is 25.7 Å². The summed E-state index contributed by atoms with van der Waals surface area (Å²) in [6, 6.07) is 8.53. The van der Waals surface area contributed by atoms with Crippen LogP contribution < -0.4 is 4.74 Å². The van der Waals surface area contributed by atoms with Crippen LogP contribution in [0.25, 0.3) is 0 Å². The number of likely N-dealkylation sites (N-methyl/N-ethyl adjacent to an activating group) is 1. The lowest BCUT2D eigenvalue weighted by molar-refractivity contribution is 0.218. The minimum absolute atomic E-state index is 0.684. The molecule has 0 aromatic heterocycles. The van der Waals surface area contributed by atoms with E-state index in [9.17, 15) is 0 Å². The molecule has 1 saturated heterocycles. The number of piperidine rings is 1. The van der Waals surface area contributed by atoms with Crippen molar-refractivity contribution in [3.05, 3.63) is 29.8 Å². The predicted octanol–water partition coefficient (Wildman–Crippen LogP) is 2.89. The lowest BCUT2D eigenvalue weighted by Gasteiger charge is -2.32. The zero-order chi connectivity index (χ0) is 11.4. The van der Waals surface area contributed by atoms with Gasteiger partial charge in [-0.25, -0.2) is 0 Å². The van der Waals surface area contributed by atoms with Crippen LogP contribution in [0.3, 0.4) is 0 Å². The van der Waals surface area contributed by atoms with Gasteiger partial charge in [0.05, 0.1) is 7.11 Å². The summed E-state index contributed by atoms with van der Waals surface area (Å²) in [6.07, 6.45) is 2.62. The number of nitrogens with zero attached hydrogens (tertiary/aromatic N) is 1. The number of hydrogen-bond acceptors (Lipinski definition) is 2. The molecule has 0 saturated carbocycles. The summed E-state index contributed by atoms with van der Waals surface area (Å²) in [4.78, 5) is 2.54. The SMILES string of the molecule is CCN1CCC[C@@H](c2cccc(OC)c2)C1. The summed E-state index contributed by atoms with van der Waals surface area (Å²) in [5.74, 6) is 1.66. The third-order valence-electron chi connectivity index (χ3n) is 3.52. The average molecular weight is 219 g/mol. The Balaban J connectivity index is 2.10. The fourth-order valence-corrected chi connectivity index (χ4v) is 2.51. The van der Waals surface area contributed by atoms with E-state index in [1.165, 1.54) is 38.0 Å². The van der Waals surface area contributed by atoms with E-state index in [1.807, 2.05) is 6.07 Å². The number of likely N-dealkylation sites (tertiary alicyclic amines) is 1. The van der Waals surface area contributed by atoms with Gasteiger partial charge in [-0.05, 0) is 49.5 Å². The fraction of sp³-hybridized carbons (Fsp3) is 0.571. The Hall–Kier alpha value is -1.02. The van der Waals surface area contributed by atoms with Crippen molar-refractivity contribution in [2.75, 3.05) is 26.7 Å². The summed E-state index contributed by atoms with van der Waals surface area (Å²) in [5.41, 5.74) is 1.43. The minimum Gasteiger partial charge on any atom is -0.497 e. The maximum absolute atomic E-state index is 5.29. The van der Waals surface area contributed by atoms with E-state index in [0.717, 1.165) is 5.75 Å². The van der Waals surface area contributed by atoms with Crippen LogP contribution in [0.2, 0.25) is 0 Å². The number of methoxy groups -OCH3 is 1. The first-order valence-electron chi connectivity index (χ1n) is 6.19. The number of rotatable bonds is 3. The molecule has 2 heteroatoms. The molecule has 0 unspecified atom stereocenters. The molecule has 1 aromatic rings. The van der Waals surface area contributed by atoms with Crippen molar-refractivity contribution < 1.29 is 4.74 Å². The van der Waals surface area contributed by atoms with Gasteiger partial charge in [0.1, 0.15) is 5.75 Å². The monoisotopic (exact) mass is 219 g/mol. The quantitative estimate of drug-likeness (QED) is 0.775. The molecule has 0 aliphatic carbocycles. The molecule has 1 aromatic carbocycles. The van der Waals surface area contributed by atoms with Crippen LogP contribution in [0.15, 0.2) is 24.3 Å². The molecule has 2 nitrogen and oxygen atoms in total. The van der Waals surface area contributed by atoms with Crippen LogP contribution in [0.5, 0.6) is 5.75 Å². The topological polar surface area (TPSA) is 12.5 Å². The van der Waals surface area contributed by atoms with Crippen molar-refractivity contribution in [1.29, 1.82) is 0 Å². The predicted molar refractivity (Wildman–Crippen MR) is 67.1 cm³/mol. The minimum atomic E-state index is 0.684. The van der Waals surface area contributed by atoms with Gasteiger partial charge in [-0.3, -0.25) is 0 Å². The number of hydrogen-bond donors (Lipinski definition) is 0. The largest absolute Gasteiger partial charge is 0.497 e. The van der Waals surface area contributed by atoms with Crippen LogP contribution in [-0.4, -0.2) is 31.6 Å². The van der Waals surface area contributed by atoms with E-state index >= 15 is 0 Å². The third-order valence-corrected chi connectivity index (χ3v) is 3.52. The van der Waals surface area contributed by atoms with Crippen molar-refractivity contribution in [3.63, 3.8) is 0 Å². The van der Waals surface area contributed by atoms with Crippen molar-refractivity contribution in [2.24, 2.45) is 0 Å². The van der Waals surface area contributed by atoms with Crippen molar-refractivity contribution in [3.8, 4) is 5.75 Å². The van der Waals surface area contributed by atoms with Gasteiger partial charge in [-0.15, -0.1) is 0 Å². The molecule has 1 aliphatic heterocycles. The van der Waals surface area contributed by atoms with Gasteiger partial charge in [0.2, 0.25) is 0 Å². The van der Waals surface area contributed by atoms with Gasteiger partial charge < -0.3 is 9.64 Å². The molecular weight excluding hydrogens is 198 g/mol. The average Bonchev–Trinajstić information content (AvgIpc) is 2.39. The Labute approximate surface area is 98.2 Å². The fourth-order valence-electron chi connectivity index (χ4n) is 2.51. The molecule has 16 heavy (non-hydrogen) atoms. The lowest BCUT2D eigenvalue weighted by Crippen LogP contribution is -2.34. The Morgan fingerprint density at radius 1 is 1.44 bits per heavy atom. The Bertz CT molecular complexity index is 337. The second kappa shape index (κ2) is 5.35. The molecule has 1 aliphatic rings. The third kappa shape index (κ3) is 2.56. The normalized spacial score (nSPS) is 22.0. The van der Waals surface area contributed by atoms with E-state index in [1.54, 1.807) is 7.11 Å². The summed E-state index contributed by atoms with van der Waals surface area (Å²) in [7, 11) is 1.73. The highest BCUT2D eigenvalue weighted by Crippen LogP contribution is 2.28. The number of benzene rings is 1. The summed E-state index contributed by atoms with van der Waals surface area (Å²) < 4.78 is 5.29. The smallest absolute Gasteiger partial charge is 0.119 e. The van der Waals surface area contributed by atoms with Crippen LogP contribution >= 0.6 is 0 Å². The van der Waals surface area contributed by atoms with Crippen molar-refractivity contribution in [1.82, 2.24) is 4.90 Å². The van der Waals surface area contributed by atoms with Crippen LogP contribution in [0, 0.1) is 0 Å². The lowest BCUT2D eigenvalue weighted by atomic mass is 9.90. The second-order valence-corrected chi connectivity index (χ2v) is 4.51. The maximum Gasteiger partial charge on any atom is 0.119 e. The highest BCUT2D eigenvalue weighted by molar-refractivity contribution is 5.31. The zero-order valence-electron chi connectivity index (χ0n) is 10.3. The molecule has 1 atom stereocenters. The Morgan fingerprint density at radius 2 is 2.31 bits per heavy atom. The zero-order valence-corrected chi connectivity index (χ0v) is 10.3. The van der Waals surface area contributed by atoms with Crippen LogP contribution in [0.4, 0.5) is 0 Å². The highest BCUT2D eigenvalue weighted by Gasteiger charge is 2.20. The van der Waals surface area contributed by atoms with Gasteiger partial charge in [-0.1, -0.05) is 19.1 Å². The first-order valence-corrected chi connectivity index (χ1v) is 6.19. The molecule has 1 fully saturated rings. The summed E-state index contributed by atoms with van der Waals surface area (Å²) >= 11 is 0. The molecule has 88 valence electrons. The van der Waals surface area contributed by atoms with Gasteiger partial charge in [0.15, 0.2) is 0 Å². The maximum atomic E-state index is 5.29. The molecule has 0 radical (unpaired) electrons. The molecular formula is C14H21NO. The first-order chi connectivity index (χ1) is 7.83. The van der Waals surface area contributed by atoms with Gasteiger partial charge >= 0.3 is 0 Å². The first kappa shape index (κ1) is 11.5.